The van der Waals surface area contributed by atoms with Crippen LogP contribution in [0.1, 0.15) is 6.42 Å². The Hall–Kier alpha value is -2.08. The Morgan fingerprint density at radius 1 is 1.21 bits per heavy atom. The molecule has 1 aromatic heterocycles. The number of aryl methyl sites for hydroxylation is 2. The highest BCUT2D eigenvalue weighted by atomic mass is 16.2. The molecule has 2 N–H and O–H groups in total. The Morgan fingerprint density at radius 3 is 2.58 bits per heavy atom. The fraction of sp³-hybridized carbons (Fsp3) is 0.385. The second kappa shape index (κ2) is 5.27. The van der Waals surface area contributed by atoms with Crippen molar-refractivity contribution in [2.24, 2.45) is 14.1 Å². The lowest BCUT2D eigenvalue weighted by molar-refractivity contribution is -0.116. The van der Waals surface area contributed by atoms with Crippen molar-refractivity contribution in [3.63, 3.8) is 0 Å². The van der Waals surface area contributed by atoms with Crippen LogP contribution in [0.4, 0.5) is 5.69 Å². The normalized spacial score (nSPS) is 10.9. The topological polar surface area (TPSA) is 68.1 Å². The van der Waals surface area contributed by atoms with Crippen molar-refractivity contribution < 1.29 is 4.79 Å². The third-order valence-corrected chi connectivity index (χ3v) is 3.16. The molecule has 1 aromatic carbocycles. The third kappa shape index (κ3) is 2.53. The van der Waals surface area contributed by atoms with Gasteiger partial charge in [-0.1, -0.05) is 0 Å². The van der Waals surface area contributed by atoms with E-state index in [9.17, 15) is 9.59 Å². The molecule has 1 amide bonds. The van der Waals surface area contributed by atoms with Gasteiger partial charge in [0, 0.05) is 32.7 Å². The molecule has 0 atom stereocenters. The minimum Gasteiger partial charge on any atom is -0.326 e. The van der Waals surface area contributed by atoms with Gasteiger partial charge in [0.2, 0.25) is 5.91 Å². The number of rotatable bonds is 4. The summed E-state index contributed by atoms with van der Waals surface area (Å²) in [7, 11) is 5.26. The van der Waals surface area contributed by atoms with E-state index in [1.807, 2.05) is 12.1 Å². The van der Waals surface area contributed by atoms with Gasteiger partial charge in [-0.25, -0.2) is 4.79 Å². The van der Waals surface area contributed by atoms with Crippen LogP contribution in [-0.4, -0.2) is 28.6 Å². The quantitative estimate of drug-likeness (QED) is 0.839. The van der Waals surface area contributed by atoms with E-state index in [4.69, 9.17) is 0 Å². The Bertz CT molecular complexity index is 669. The average molecular weight is 262 g/mol. The number of nitrogens with zero attached hydrogens (tertiary/aromatic N) is 2. The number of aromatic nitrogens is 2. The summed E-state index contributed by atoms with van der Waals surface area (Å²) >= 11 is 0. The van der Waals surface area contributed by atoms with E-state index in [2.05, 4.69) is 10.6 Å². The molecule has 2 rings (SSSR count). The van der Waals surface area contributed by atoms with Crippen LogP contribution >= 0.6 is 0 Å². The van der Waals surface area contributed by atoms with Gasteiger partial charge in [-0.3, -0.25) is 13.9 Å². The van der Waals surface area contributed by atoms with Gasteiger partial charge >= 0.3 is 5.69 Å². The van der Waals surface area contributed by atoms with Gasteiger partial charge in [0.25, 0.3) is 0 Å². The monoisotopic (exact) mass is 262 g/mol. The Balaban J connectivity index is 2.29. The van der Waals surface area contributed by atoms with Crippen molar-refractivity contribution in [3.05, 3.63) is 28.7 Å². The van der Waals surface area contributed by atoms with E-state index in [-0.39, 0.29) is 11.6 Å². The molecule has 19 heavy (non-hydrogen) atoms. The van der Waals surface area contributed by atoms with Crippen LogP contribution in [0.3, 0.4) is 0 Å². The largest absolute Gasteiger partial charge is 0.328 e. The zero-order valence-corrected chi connectivity index (χ0v) is 11.4. The summed E-state index contributed by atoms with van der Waals surface area (Å²) in [5, 5.41) is 5.75. The number of anilines is 1. The standard InChI is InChI=1S/C13H18N4O2/c1-14-7-6-12(18)15-9-4-5-10-11(8-9)17(3)13(19)16(10)2/h4-5,8,14H,6-7H2,1-3H3,(H,15,18). The summed E-state index contributed by atoms with van der Waals surface area (Å²) in [4.78, 5) is 23.4. The molecule has 0 saturated heterocycles. The summed E-state index contributed by atoms with van der Waals surface area (Å²) in [6.45, 7) is 0.637. The number of hydrogen-bond acceptors (Lipinski definition) is 3. The second-order valence-corrected chi connectivity index (χ2v) is 4.51. The first kappa shape index (κ1) is 13.4. The minimum absolute atomic E-state index is 0.0466. The van der Waals surface area contributed by atoms with E-state index < -0.39 is 0 Å². The van der Waals surface area contributed by atoms with Crippen molar-refractivity contribution in [1.29, 1.82) is 0 Å². The summed E-state index contributed by atoms with van der Waals surface area (Å²) in [6, 6.07) is 5.46. The van der Waals surface area contributed by atoms with Gasteiger partial charge in [-0.15, -0.1) is 0 Å². The zero-order chi connectivity index (χ0) is 14.0. The number of carbonyl (C=O) groups is 1. The number of fused-ring (bicyclic) bond motifs is 1. The maximum Gasteiger partial charge on any atom is 0.328 e. The van der Waals surface area contributed by atoms with Crippen LogP contribution in [-0.2, 0) is 18.9 Å². The molecule has 1 heterocycles. The van der Waals surface area contributed by atoms with Crippen LogP contribution < -0.4 is 16.3 Å². The van der Waals surface area contributed by atoms with Gasteiger partial charge in [-0.2, -0.15) is 0 Å². The highest BCUT2D eigenvalue weighted by molar-refractivity contribution is 5.93. The highest BCUT2D eigenvalue weighted by Gasteiger charge is 2.09. The average Bonchev–Trinajstić information content (AvgIpc) is 2.61. The number of imidazole rings is 1. The first-order chi connectivity index (χ1) is 9.04. The molecule has 6 heteroatoms. The lowest BCUT2D eigenvalue weighted by atomic mass is 10.2. The maximum absolute atomic E-state index is 11.8. The molecule has 0 bridgehead atoms. The zero-order valence-electron chi connectivity index (χ0n) is 11.4. The molecule has 0 aliphatic heterocycles. The van der Waals surface area contributed by atoms with Crippen molar-refractivity contribution in [3.8, 4) is 0 Å². The predicted octanol–water partition coefficient (Wildman–Crippen LogP) is 0.425. The van der Waals surface area contributed by atoms with E-state index in [0.717, 1.165) is 11.0 Å². The molecule has 6 nitrogen and oxygen atoms in total. The molecule has 102 valence electrons. The van der Waals surface area contributed by atoms with Crippen LogP contribution in [0.2, 0.25) is 0 Å². The van der Waals surface area contributed by atoms with Gasteiger partial charge < -0.3 is 10.6 Å². The Labute approximate surface area is 111 Å². The first-order valence-electron chi connectivity index (χ1n) is 6.14. The summed E-state index contributed by atoms with van der Waals surface area (Å²) in [6.07, 6.45) is 0.419. The molecular formula is C13H18N4O2. The number of amides is 1. The van der Waals surface area contributed by atoms with Crippen LogP contribution in [0.25, 0.3) is 11.0 Å². The van der Waals surface area contributed by atoms with Gasteiger partial charge in [0.1, 0.15) is 0 Å². The number of hydrogen-bond donors (Lipinski definition) is 2. The predicted molar refractivity (Wildman–Crippen MR) is 75.3 cm³/mol. The highest BCUT2D eigenvalue weighted by Crippen LogP contribution is 2.17. The molecule has 0 unspecified atom stereocenters. The summed E-state index contributed by atoms with van der Waals surface area (Å²) < 4.78 is 3.15. The lowest BCUT2D eigenvalue weighted by Crippen LogP contribution is -2.19. The second-order valence-electron chi connectivity index (χ2n) is 4.51. The smallest absolute Gasteiger partial charge is 0.326 e. The van der Waals surface area contributed by atoms with E-state index in [1.165, 1.54) is 0 Å². The van der Waals surface area contributed by atoms with Crippen molar-refractivity contribution >= 4 is 22.6 Å². The van der Waals surface area contributed by atoms with Crippen molar-refractivity contribution in [2.45, 2.75) is 6.42 Å². The van der Waals surface area contributed by atoms with Gasteiger partial charge in [-0.05, 0) is 25.2 Å². The molecule has 0 aliphatic rings. The van der Waals surface area contributed by atoms with Gasteiger partial charge in [0.05, 0.1) is 11.0 Å². The lowest BCUT2D eigenvalue weighted by Gasteiger charge is -2.05. The van der Waals surface area contributed by atoms with E-state index in [1.54, 1.807) is 36.3 Å². The van der Waals surface area contributed by atoms with Gasteiger partial charge in [0.15, 0.2) is 0 Å². The van der Waals surface area contributed by atoms with Crippen LogP contribution in [0.5, 0.6) is 0 Å². The number of carbonyl (C=O) groups excluding carboxylic acids is 1. The molecule has 0 aliphatic carbocycles. The fourth-order valence-corrected chi connectivity index (χ4v) is 2.05. The number of benzene rings is 1. The van der Waals surface area contributed by atoms with Crippen molar-refractivity contribution in [2.75, 3.05) is 18.9 Å². The molecule has 0 radical (unpaired) electrons. The van der Waals surface area contributed by atoms with Crippen LogP contribution in [0, 0.1) is 0 Å². The minimum atomic E-state index is -0.0753. The molecular weight excluding hydrogens is 244 g/mol. The van der Waals surface area contributed by atoms with Crippen LogP contribution in [0.15, 0.2) is 23.0 Å². The summed E-state index contributed by atoms with van der Waals surface area (Å²) in [5.41, 5.74) is 2.28. The molecule has 2 aromatic rings. The molecule has 0 spiro atoms. The third-order valence-electron chi connectivity index (χ3n) is 3.16. The van der Waals surface area contributed by atoms with E-state index in [0.29, 0.717) is 18.7 Å². The molecule has 0 fully saturated rings. The summed E-state index contributed by atoms with van der Waals surface area (Å²) in [5.74, 6) is -0.0466. The Morgan fingerprint density at radius 2 is 1.89 bits per heavy atom. The van der Waals surface area contributed by atoms with E-state index >= 15 is 0 Å². The van der Waals surface area contributed by atoms with Crippen molar-refractivity contribution in [1.82, 2.24) is 14.5 Å². The fourth-order valence-electron chi connectivity index (χ4n) is 2.05. The Kier molecular flexibility index (Phi) is 3.71. The maximum atomic E-state index is 11.8. The first-order valence-corrected chi connectivity index (χ1v) is 6.14. The SMILES string of the molecule is CNCCC(=O)Nc1ccc2c(c1)n(C)c(=O)n2C. The number of nitrogens with one attached hydrogen (secondary N) is 2. The molecule has 0 saturated carbocycles.